The van der Waals surface area contributed by atoms with Gasteiger partial charge in [0.2, 0.25) is 0 Å². The van der Waals surface area contributed by atoms with Crippen molar-refractivity contribution >= 4 is 5.91 Å². The lowest BCUT2D eigenvalue weighted by atomic mass is 9.79. The molecule has 2 aliphatic rings. The summed E-state index contributed by atoms with van der Waals surface area (Å²) < 4.78 is 6.04. The van der Waals surface area contributed by atoms with Crippen LogP contribution in [0.5, 0.6) is 5.75 Å². The number of nitrogens with two attached hydrogens (primary N) is 1. The quantitative estimate of drug-likeness (QED) is 0.921. The van der Waals surface area contributed by atoms with Gasteiger partial charge in [0.1, 0.15) is 5.75 Å². The van der Waals surface area contributed by atoms with Crippen molar-refractivity contribution in [3.63, 3.8) is 0 Å². The number of piperidine rings is 1. The summed E-state index contributed by atoms with van der Waals surface area (Å²) in [6.07, 6.45) is 7.32. The Morgan fingerprint density at radius 1 is 1.12 bits per heavy atom. The highest BCUT2D eigenvalue weighted by Crippen LogP contribution is 2.29. The van der Waals surface area contributed by atoms with Crippen LogP contribution in [0.1, 0.15) is 62.7 Å². The first-order valence-electron chi connectivity index (χ1n) is 9.27. The molecule has 0 spiro atoms. The largest absolute Gasteiger partial charge is 0.490 e. The van der Waals surface area contributed by atoms with E-state index in [4.69, 9.17) is 10.5 Å². The van der Waals surface area contributed by atoms with Gasteiger partial charge in [-0.25, -0.2) is 0 Å². The Morgan fingerprint density at radius 3 is 2.42 bits per heavy atom. The maximum Gasteiger partial charge on any atom is 0.253 e. The molecule has 2 N–H and O–H groups in total. The van der Waals surface area contributed by atoms with Gasteiger partial charge in [0.25, 0.3) is 5.91 Å². The first-order chi connectivity index (χ1) is 11.5. The Morgan fingerprint density at radius 2 is 1.79 bits per heavy atom. The van der Waals surface area contributed by atoms with E-state index < -0.39 is 0 Å². The van der Waals surface area contributed by atoms with E-state index in [0.29, 0.717) is 12.6 Å². The normalized spacial score (nSPS) is 24.6. The van der Waals surface area contributed by atoms with Crippen molar-refractivity contribution in [2.24, 2.45) is 11.1 Å². The number of carbonyl (C=O) groups excluding carboxylic acids is 1. The molecule has 1 heterocycles. The lowest BCUT2D eigenvalue weighted by molar-refractivity contribution is 0.0533. The van der Waals surface area contributed by atoms with Crippen LogP contribution in [0.4, 0.5) is 0 Å². The topological polar surface area (TPSA) is 55.6 Å². The van der Waals surface area contributed by atoms with Crippen LogP contribution in [-0.4, -0.2) is 36.0 Å². The average Bonchev–Trinajstić information content (AvgIpc) is 2.58. The van der Waals surface area contributed by atoms with Crippen LogP contribution in [-0.2, 0) is 0 Å². The summed E-state index contributed by atoms with van der Waals surface area (Å²) in [6.45, 7) is 5.73. The van der Waals surface area contributed by atoms with Gasteiger partial charge in [0.15, 0.2) is 0 Å². The summed E-state index contributed by atoms with van der Waals surface area (Å²) in [4.78, 5) is 14.7. The van der Waals surface area contributed by atoms with Crippen LogP contribution in [0, 0.1) is 5.41 Å². The second kappa shape index (κ2) is 7.14. The molecule has 1 aliphatic carbocycles. The van der Waals surface area contributed by atoms with Crippen LogP contribution in [0.3, 0.4) is 0 Å². The highest BCUT2D eigenvalue weighted by atomic mass is 16.5. The second-order valence-electron chi connectivity index (χ2n) is 8.01. The average molecular weight is 330 g/mol. The van der Waals surface area contributed by atoms with Crippen molar-refractivity contribution in [2.75, 3.05) is 13.1 Å². The van der Waals surface area contributed by atoms with E-state index >= 15 is 0 Å². The van der Waals surface area contributed by atoms with Crippen LogP contribution >= 0.6 is 0 Å². The lowest BCUT2D eigenvalue weighted by Gasteiger charge is -2.42. The third-order valence-electron chi connectivity index (χ3n) is 5.56. The molecule has 1 aliphatic heterocycles. The summed E-state index contributed by atoms with van der Waals surface area (Å²) in [7, 11) is 0. The molecule has 0 bridgehead atoms. The van der Waals surface area contributed by atoms with Gasteiger partial charge in [-0.1, -0.05) is 20.3 Å². The third-order valence-corrected chi connectivity index (χ3v) is 5.56. The summed E-state index contributed by atoms with van der Waals surface area (Å²) in [5.74, 6) is 0.971. The molecule has 1 unspecified atom stereocenters. The number of likely N-dealkylation sites (tertiary alicyclic amines) is 1. The van der Waals surface area contributed by atoms with Gasteiger partial charge >= 0.3 is 0 Å². The minimum absolute atomic E-state index is 0.0298. The van der Waals surface area contributed by atoms with Crippen molar-refractivity contribution in [1.82, 2.24) is 4.90 Å². The van der Waals surface area contributed by atoms with Gasteiger partial charge in [-0.2, -0.15) is 0 Å². The molecule has 4 nitrogen and oxygen atoms in total. The number of amides is 1. The molecule has 24 heavy (non-hydrogen) atoms. The fourth-order valence-corrected chi connectivity index (χ4v) is 3.78. The SMILES string of the molecule is CC1(C)CN(C(=O)c2ccc(OC3CCCCC3)cc2)CCC1N. The number of rotatable bonds is 3. The van der Waals surface area contributed by atoms with Gasteiger partial charge in [0.05, 0.1) is 6.10 Å². The molecule has 1 saturated carbocycles. The first kappa shape index (κ1) is 17.3. The zero-order valence-corrected chi connectivity index (χ0v) is 15.0. The Balaban J connectivity index is 1.61. The van der Waals surface area contributed by atoms with E-state index in [1.54, 1.807) is 0 Å². The molecule has 1 amide bonds. The van der Waals surface area contributed by atoms with Crippen molar-refractivity contribution in [3.05, 3.63) is 29.8 Å². The molecule has 132 valence electrons. The molecular weight excluding hydrogens is 300 g/mol. The zero-order chi connectivity index (χ0) is 17.2. The van der Waals surface area contributed by atoms with Crippen LogP contribution in [0.25, 0.3) is 0 Å². The number of carbonyl (C=O) groups is 1. The number of benzene rings is 1. The van der Waals surface area contributed by atoms with Crippen LogP contribution in [0.15, 0.2) is 24.3 Å². The van der Waals surface area contributed by atoms with Crippen LogP contribution in [0.2, 0.25) is 0 Å². The minimum Gasteiger partial charge on any atom is -0.490 e. The minimum atomic E-state index is -0.0298. The van der Waals surface area contributed by atoms with E-state index in [1.807, 2.05) is 29.2 Å². The monoisotopic (exact) mass is 330 g/mol. The summed E-state index contributed by atoms with van der Waals surface area (Å²) in [5, 5.41) is 0. The molecule has 0 aromatic heterocycles. The number of nitrogens with zero attached hydrogens (tertiary/aromatic N) is 1. The molecule has 2 fully saturated rings. The van der Waals surface area contributed by atoms with Gasteiger partial charge < -0.3 is 15.4 Å². The van der Waals surface area contributed by atoms with Gasteiger partial charge in [-0.3, -0.25) is 4.79 Å². The third kappa shape index (κ3) is 3.92. The second-order valence-corrected chi connectivity index (χ2v) is 8.01. The highest BCUT2D eigenvalue weighted by molar-refractivity contribution is 5.94. The zero-order valence-electron chi connectivity index (χ0n) is 15.0. The Labute approximate surface area is 145 Å². The van der Waals surface area contributed by atoms with Crippen molar-refractivity contribution in [1.29, 1.82) is 0 Å². The standard InChI is InChI=1S/C20H30N2O2/c1-20(2)14-22(13-12-18(20)21)19(23)15-8-10-17(11-9-15)24-16-6-4-3-5-7-16/h8-11,16,18H,3-7,12-14,21H2,1-2H3. The van der Waals surface area contributed by atoms with E-state index in [9.17, 15) is 4.79 Å². The highest BCUT2D eigenvalue weighted by Gasteiger charge is 2.35. The number of hydrogen-bond donors (Lipinski definition) is 1. The van der Waals surface area contributed by atoms with E-state index in [-0.39, 0.29) is 17.4 Å². The van der Waals surface area contributed by atoms with Gasteiger partial charge in [-0.15, -0.1) is 0 Å². The van der Waals surface area contributed by atoms with Crippen LogP contribution < -0.4 is 10.5 Å². The number of ether oxygens (including phenoxy) is 1. The molecule has 1 aromatic carbocycles. The molecule has 1 aromatic rings. The van der Waals surface area contributed by atoms with Crippen molar-refractivity contribution in [2.45, 2.75) is 64.5 Å². The predicted molar refractivity (Wildman–Crippen MR) is 96.2 cm³/mol. The predicted octanol–water partition coefficient (Wildman–Crippen LogP) is 3.60. The van der Waals surface area contributed by atoms with Gasteiger partial charge in [-0.05, 0) is 61.8 Å². The summed E-state index contributed by atoms with van der Waals surface area (Å²) in [5.41, 5.74) is 6.87. The van der Waals surface area contributed by atoms with Crippen molar-refractivity contribution in [3.8, 4) is 5.75 Å². The molecule has 1 saturated heterocycles. The number of hydrogen-bond acceptors (Lipinski definition) is 3. The summed E-state index contributed by atoms with van der Waals surface area (Å²) >= 11 is 0. The van der Waals surface area contributed by atoms with Crippen molar-refractivity contribution < 1.29 is 9.53 Å². The molecule has 4 heteroatoms. The maximum absolute atomic E-state index is 12.7. The Kier molecular flexibility index (Phi) is 5.14. The first-order valence-corrected chi connectivity index (χ1v) is 9.27. The summed E-state index contributed by atoms with van der Waals surface area (Å²) in [6, 6.07) is 7.81. The molecule has 1 atom stereocenters. The Bertz CT molecular complexity index is 562. The smallest absolute Gasteiger partial charge is 0.253 e. The fraction of sp³-hybridized carbons (Fsp3) is 0.650. The molecule has 0 radical (unpaired) electrons. The van der Waals surface area contributed by atoms with E-state index in [2.05, 4.69) is 13.8 Å². The lowest BCUT2D eigenvalue weighted by Crippen LogP contribution is -2.53. The maximum atomic E-state index is 12.7. The van der Waals surface area contributed by atoms with Gasteiger partial charge in [0, 0.05) is 24.7 Å². The molecule has 3 rings (SSSR count). The Hall–Kier alpha value is -1.55. The van der Waals surface area contributed by atoms with E-state index in [0.717, 1.165) is 37.1 Å². The molecular formula is C20H30N2O2. The van der Waals surface area contributed by atoms with E-state index in [1.165, 1.54) is 19.3 Å². The fourth-order valence-electron chi connectivity index (χ4n) is 3.78.